The number of nitrogens with zero attached hydrogens (tertiary/aromatic N) is 4. The maximum absolute atomic E-state index is 13.0. The topological polar surface area (TPSA) is 99.0 Å². The summed E-state index contributed by atoms with van der Waals surface area (Å²) in [6.07, 6.45) is 6.00. The van der Waals surface area contributed by atoms with E-state index in [2.05, 4.69) is 40.6 Å². The number of hydrogen-bond acceptors (Lipinski definition) is 6. The summed E-state index contributed by atoms with van der Waals surface area (Å²) in [5.74, 6) is 1.83. The lowest BCUT2D eigenvalue weighted by atomic mass is 9.75. The first-order chi connectivity index (χ1) is 16.5. The van der Waals surface area contributed by atoms with E-state index in [4.69, 9.17) is 4.74 Å². The van der Waals surface area contributed by atoms with Crippen molar-refractivity contribution in [2.75, 3.05) is 4.72 Å². The van der Waals surface area contributed by atoms with Crippen LogP contribution in [-0.4, -0.2) is 34.3 Å². The molecule has 188 valence electrons. The Labute approximate surface area is 208 Å². The number of aryl methyl sites for hydroxylation is 3. The highest BCUT2D eigenvalue weighted by Gasteiger charge is 2.33. The zero-order chi connectivity index (χ0) is 25.3. The van der Waals surface area contributed by atoms with Crippen LogP contribution in [-0.2, 0) is 17.1 Å². The summed E-state index contributed by atoms with van der Waals surface area (Å²) in [5, 5.41) is 3.97. The number of nitrogens with one attached hydrogen (secondary N) is 1. The van der Waals surface area contributed by atoms with Crippen molar-refractivity contribution < 1.29 is 13.2 Å². The normalized spacial score (nSPS) is 20.7. The van der Waals surface area contributed by atoms with E-state index in [-0.39, 0.29) is 16.9 Å². The smallest absolute Gasteiger partial charge is 0.267 e. The Balaban J connectivity index is 1.76. The molecule has 1 aliphatic rings. The molecule has 0 aliphatic heterocycles. The third kappa shape index (κ3) is 5.66. The zero-order valence-electron chi connectivity index (χ0n) is 21.3. The van der Waals surface area contributed by atoms with Gasteiger partial charge in [0.2, 0.25) is 11.8 Å². The van der Waals surface area contributed by atoms with Gasteiger partial charge >= 0.3 is 0 Å². The first kappa shape index (κ1) is 25.2. The van der Waals surface area contributed by atoms with Gasteiger partial charge in [0.05, 0.1) is 11.9 Å². The first-order valence-corrected chi connectivity index (χ1v) is 13.7. The molecule has 9 heteroatoms. The average Bonchev–Trinajstić information content (AvgIpc) is 3.20. The van der Waals surface area contributed by atoms with Crippen molar-refractivity contribution in [1.82, 2.24) is 19.7 Å². The van der Waals surface area contributed by atoms with Crippen LogP contribution in [0.5, 0.6) is 5.88 Å². The number of sulfonamides is 1. The fourth-order valence-corrected chi connectivity index (χ4v) is 5.93. The second-order valence-electron chi connectivity index (χ2n) is 10.1. The van der Waals surface area contributed by atoms with Gasteiger partial charge in [-0.1, -0.05) is 45.4 Å². The summed E-state index contributed by atoms with van der Waals surface area (Å²) >= 11 is 0. The van der Waals surface area contributed by atoms with Crippen molar-refractivity contribution in [3.05, 3.63) is 47.8 Å². The Kier molecular flexibility index (Phi) is 7.17. The minimum atomic E-state index is -3.91. The highest BCUT2D eigenvalue weighted by Crippen LogP contribution is 2.37. The Bertz CT molecular complexity index is 1280. The molecule has 1 N–H and O–H groups in total. The lowest BCUT2D eigenvalue weighted by Crippen LogP contribution is -2.36. The number of ether oxygens (including phenoxy) is 1. The van der Waals surface area contributed by atoms with Gasteiger partial charge in [-0.25, -0.2) is 18.1 Å². The van der Waals surface area contributed by atoms with Gasteiger partial charge in [-0.05, 0) is 55.6 Å². The van der Waals surface area contributed by atoms with Crippen LogP contribution in [0.25, 0.3) is 11.3 Å². The van der Waals surface area contributed by atoms with Crippen LogP contribution in [0.2, 0.25) is 0 Å². The SMILES string of the molecule is Cc1cccc(C)c1-c1cc(O[C@@H]2C[C@H](C)CC[C@H]2C(C)C)nc(NS(=O)(=O)c2cnn(C)c2)n1. The minimum Gasteiger partial charge on any atom is -0.474 e. The van der Waals surface area contributed by atoms with E-state index in [0.29, 0.717) is 29.3 Å². The predicted molar refractivity (Wildman–Crippen MR) is 137 cm³/mol. The molecule has 4 rings (SSSR count). The monoisotopic (exact) mass is 497 g/mol. The fraction of sp³-hybridized carbons (Fsp3) is 0.500. The largest absolute Gasteiger partial charge is 0.474 e. The van der Waals surface area contributed by atoms with Gasteiger partial charge in [0.1, 0.15) is 11.0 Å². The highest BCUT2D eigenvalue weighted by atomic mass is 32.2. The summed E-state index contributed by atoms with van der Waals surface area (Å²) in [7, 11) is -2.24. The molecule has 0 bridgehead atoms. The number of aromatic nitrogens is 4. The molecule has 0 unspecified atom stereocenters. The average molecular weight is 498 g/mol. The fourth-order valence-electron chi connectivity index (χ4n) is 5.00. The molecule has 0 amide bonds. The molecular weight excluding hydrogens is 462 g/mol. The number of benzene rings is 1. The van der Waals surface area contributed by atoms with Crippen LogP contribution < -0.4 is 9.46 Å². The molecular formula is C26H35N5O3S. The summed E-state index contributed by atoms with van der Waals surface area (Å²) in [4.78, 5) is 9.14. The molecule has 1 fully saturated rings. The molecule has 35 heavy (non-hydrogen) atoms. The maximum atomic E-state index is 13.0. The van der Waals surface area contributed by atoms with Crippen LogP contribution in [0.1, 0.15) is 51.2 Å². The van der Waals surface area contributed by atoms with Crippen molar-refractivity contribution in [2.45, 2.75) is 64.9 Å². The molecule has 1 aromatic carbocycles. The third-order valence-corrected chi connectivity index (χ3v) is 8.17. The molecule has 3 aromatic rings. The zero-order valence-corrected chi connectivity index (χ0v) is 22.1. The summed E-state index contributed by atoms with van der Waals surface area (Å²) in [5.41, 5.74) is 3.66. The van der Waals surface area contributed by atoms with E-state index in [1.165, 1.54) is 23.5 Å². The first-order valence-electron chi connectivity index (χ1n) is 12.2. The Morgan fingerprint density at radius 1 is 1.14 bits per heavy atom. The van der Waals surface area contributed by atoms with Gasteiger partial charge in [0.25, 0.3) is 10.0 Å². The van der Waals surface area contributed by atoms with E-state index in [1.807, 2.05) is 38.1 Å². The Morgan fingerprint density at radius 2 is 1.86 bits per heavy atom. The Morgan fingerprint density at radius 3 is 2.49 bits per heavy atom. The van der Waals surface area contributed by atoms with Crippen molar-refractivity contribution in [3.63, 3.8) is 0 Å². The number of anilines is 1. The van der Waals surface area contributed by atoms with Crippen molar-refractivity contribution in [2.24, 2.45) is 24.8 Å². The summed E-state index contributed by atoms with van der Waals surface area (Å²) < 4.78 is 36.5. The summed E-state index contributed by atoms with van der Waals surface area (Å²) in [6.45, 7) is 10.7. The van der Waals surface area contributed by atoms with Crippen molar-refractivity contribution in [1.29, 1.82) is 0 Å². The van der Waals surface area contributed by atoms with Crippen LogP contribution in [0.15, 0.2) is 41.6 Å². The highest BCUT2D eigenvalue weighted by molar-refractivity contribution is 7.92. The third-order valence-electron chi connectivity index (χ3n) is 6.89. The van der Waals surface area contributed by atoms with E-state index in [0.717, 1.165) is 29.5 Å². The van der Waals surface area contributed by atoms with Crippen molar-refractivity contribution >= 4 is 16.0 Å². The molecule has 1 aliphatic carbocycles. The summed E-state index contributed by atoms with van der Waals surface area (Å²) in [6, 6.07) is 7.85. The molecule has 3 atom stereocenters. The number of rotatable bonds is 7. The molecule has 1 saturated carbocycles. The molecule has 2 aromatic heterocycles. The van der Waals surface area contributed by atoms with Crippen LogP contribution in [0.3, 0.4) is 0 Å². The second kappa shape index (κ2) is 9.97. The maximum Gasteiger partial charge on any atom is 0.267 e. The molecule has 8 nitrogen and oxygen atoms in total. The van der Waals surface area contributed by atoms with Gasteiger partial charge in [-0.2, -0.15) is 10.1 Å². The second-order valence-corrected chi connectivity index (χ2v) is 11.8. The molecule has 0 saturated heterocycles. The quantitative estimate of drug-likeness (QED) is 0.486. The van der Waals surface area contributed by atoms with Gasteiger partial charge in [0.15, 0.2) is 0 Å². The van der Waals surface area contributed by atoms with E-state index >= 15 is 0 Å². The predicted octanol–water partition coefficient (Wildman–Crippen LogP) is 5.13. The van der Waals surface area contributed by atoms with E-state index < -0.39 is 10.0 Å². The lowest BCUT2D eigenvalue weighted by Gasteiger charge is -2.37. The van der Waals surface area contributed by atoms with Gasteiger partial charge < -0.3 is 4.74 Å². The lowest BCUT2D eigenvalue weighted by molar-refractivity contribution is 0.0427. The van der Waals surface area contributed by atoms with Crippen LogP contribution >= 0.6 is 0 Å². The van der Waals surface area contributed by atoms with Crippen LogP contribution in [0.4, 0.5) is 5.95 Å². The molecule has 0 spiro atoms. The van der Waals surface area contributed by atoms with Gasteiger partial charge in [-0.15, -0.1) is 0 Å². The molecule has 0 radical (unpaired) electrons. The van der Waals surface area contributed by atoms with Crippen molar-refractivity contribution in [3.8, 4) is 17.1 Å². The van der Waals surface area contributed by atoms with Gasteiger partial charge in [0, 0.05) is 24.9 Å². The van der Waals surface area contributed by atoms with E-state index in [1.54, 1.807) is 7.05 Å². The molecule has 2 heterocycles. The van der Waals surface area contributed by atoms with Crippen LogP contribution in [0, 0.1) is 31.6 Å². The standard InChI is InChI=1S/C26H35N5O3S/c1-16(2)21-11-10-17(3)12-23(21)34-24-13-22(25-18(4)8-7-9-19(25)5)28-26(29-24)30-35(32,33)20-14-27-31(6)15-20/h7-9,13-17,21,23H,10-12H2,1-6H3,(H,28,29,30)/t17-,21+,23-/m1/s1. The number of hydrogen-bond donors (Lipinski definition) is 1. The Hall–Kier alpha value is -2.94. The minimum absolute atomic E-state index is 0.0160. The van der Waals surface area contributed by atoms with E-state index in [9.17, 15) is 8.42 Å². The van der Waals surface area contributed by atoms with Gasteiger partial charge in [-0.3, -0.25) is 4.68 Å².